The Balaban J connectivity index is 1.61. The van der Waals surface area contributed by atoms with E-state index in [1.165, 1.54) is 24.3 Å². The number of carbonyl (C=O) groups is 2. The minimum atomic E-state index is -0.451. The first kappa shape index (κ1) is 18.9. The number of carbonyl (C=O) groups excluding carboxylic acids is 2. The smallest absolute Gasteiger partial charge is 0.257 e. The van der Waals surface area contributed by atoms with E-state index in [1.54, 1.807) is 29.2 Å². The van der Waals surface area contributed by atoms with Gasteiger partial charge in [-0.05, 0) is 54.7 Å². The normalized spacial score (nSPS) is 13.7. The summed E-state index contributed by atoms with van der Waals surface area (Å²) in [5.74, 6) is -0.953. The van der Waals surface area contributed by atoms with Gasteiger partial charge in [0.25, 0.3) is 11.8 Å². The monoisotopic (exact) mass is 387 g/mol. The van der Waals surface area contributed by atoms with Gasteiger partial charge in [-0.2, -0.15) is 0 Å². The number of nitrogens with one attached hydrogen (secondary N) is 2. The van der Waals surface area contributed by atoms with Crippen LogP contribution in [0, 0.1) is 5.82 Å². The molecule has 1 heterocycles. The largest absolute Gasteiger partial charge is 0.378 e. The molecule has 2 aromatic rings. The molecule has 0 aliphatic carbocycles. The third-order valence-corrected chi connectivity index (χ3v) is 4.20. The van der Waals surface area contributed by atoms with Crippen molar-refractivity contribution >= 4 is 34.8 Å². The Kier molecular flexibility index (Phi) is 6.10. The molecule has 6 nitrogen and oxygen atoms in total. The van der Waals surface area contributed by atoms with Crippen LogP contribution in [0.4, 0.5) is 10.1 Å². The average Bonchev–Trinajstić information content (AvgIpc) is 2.68. The lowest BCUT2D eigenvalue weighted by atomic mass is 10.1. The van der Waals surface area contributed by atoms with Crippen LogP contribution in [0.3, 0.4) is 0 Å². The Morgan fingerprint density at radius 1 is 1.04 bits per heavy atom. The molecule has 27 heavy (non-hydrogen) atoms. The van der Waals surface area contributed by atoms with Gasteiger partial charge in [0.2, 0.25) is 0 Å². The van der Waals surface area contributed by atoms with Crippen LogP contribution in [0.15, 0.2) is 48.5 Å². The van der Waals surface area contributed by atoms with Gasteiger partial charge in [-0.15, -0.1) is 0 Å². The second-order valence-corrected chi connectivity index (χ2v) is 6.31. The molecule has 2 aromatic carbocycles. The van der Waals surface area contributed by atoms with E-state index in [9.17, 15) is 14.0 Å². The summed E-state index contributed by atoms with van der Waals surface area (Å²) in [6.45, 7) is 2.18. The molecule has 0 aromatic heterocycles. The van der Waals surface area contributed by atoms with Gasteiger partial charge in [0.05, 0.1) is 13.2 Å². The van der Waals surface area contributed by atoms with Gasteiger partial charge in [-0.3, -0.25) is 14.9 Å². The van der Waals surface area contributed by atoms with Crippen molar-refractivity contribution in [2.45, 2.75) is 0 Å². The molecular formula is C19H18FN3O3S. The molecule has 0 spiro atoms. The number of nitrogens with zero attached hydrogens (tertiary/aromatic N) is 1. The van der Waals surface area contributed by atoms with Crippen molar-refractivity contribution in [2.24, 2.45) is 0 Å². The van der Waals surface area contributed by atoms with Gasteiger partial charge >= 0.3 is 0 Å². The molecule has 1 fully saturated rings. The minimum Gasteiger partial charge on any atom is -0.378 e. The molecule has 2 N–H and O–H groups in total. The zero-order valence-electron chi connectivity index (χ0n) is 14.4. The van der Waals surface area contributed by atoms with Gasteiger partial charge in [0, 0.05) is 29.9 Å². The highest BCUT2D eigenvalue weighted by atomic mass is 32.1. The highest BCUT2D eigenvalue weighted by molar-refractivity contribution is 7.80. The summed E-state index contributed by atoms with van der Waals surface area (Å²) in [7, 11) is 0. The third kappa shape index (κ3) is 5.08. The van der Waals surface area contributed by atoms with Crippen molar-refractivity contribution in [2.75, 3.05) is 31.6 Å². The summed E-state index contributed by atoms with van der Waals surface area (Å²) in [5, 5.41) is 5.49. The Hall–Kier alpha value is -2.84. The van der Waals surface area contributed by atoms with Crippen molar-refractivity contribution < 1.29 is 18.7 Å². The van der Waals surface area contributed by atoms with E-state index in [2.05, 4.69) is 10.6 Å². The topological polar surface area (TPSA) is 70.7 Å². The minimum absolute atomic E-state index is 0.0804. The van der Waals surface area contributed by atoms with E-state index >= 15 is 0 Å². The first-order valence-electron chi connectivity index (χ1n) is 8.38. The number of hydrogen-bond acceptors (Lipinski definition) is 4. The van der Waals surface area contributed by atoms with Crippen LogP contribution >= 0.6 is 12.2 Å². The summed E-state index contributed by atoms with van der Waals surface area (Å²) < 4.78 is 18.2. The number of rotatable bonds is 3. The Morgan fingerprint density at radius 2 is 1.74 bits per heavy atom. The van der Waals surface area contributed by atoms with Crippen molar-refractivity contribution in [3.05, 3.63) is 65.5 Å². The van der Waals surface area contributed by atoms with Crippen LogP contribution in [0.1, 0.15) is 20.7 Å². The molecule has 8 heteroatoms. The number of amides is 2. The van der Waals surface area contributed by atoms with E-state index in [4.69, 9.17) is 17.0 Å². The number of anilines is 1. The quantitative estimate of drug-likeness (QED) is 0.792. The predicted octanol–water partition coefficient (Wildman–Crippen LogP) is 2.42. The summed E-state index contributed by atoms with van der Waals surface area (Å²) in [6.07, 6.45) is 0. The van der Waals surface area contributed by atoms with Crippen LogP contribution in [0.2, 0.25) is 0 Å². The molecular weight excluding hydrogens is 369 g/mol. The fraction of sp³-hybridized carbons (Fsp3) is 0.211. The fourth-order valence-corrected chi connectivity index (χ4v) is 2.83. The summed E-state index contributed by atoms with van der Waals surface area (Å²) in [4.78, 5) is 26.4. The molecule has 3 rings (SSSR count). The maximum atomic E-state index is 12.9. The first-order valence-corrected chi connectivity index (χ1v) is 8.79. The lowest BCUT2D eigenvalue weighted by molar-refractivity contribution is 0.0303. The summed E-state index contributed by atoms with van der Waals surface area (Å²) in [6, 6.07) is 12.0. The van der Waals surface area contributed by atoms with Crippen LogP contribution in [-0.4, -0.2) is 48.1 Å². The van der Waals surface area contributed by atoms with Gasteiger partial charge in [-0.1, -0.05) is 6.07 Å². The molecule has 1 aliphatic rings. The molecule has 0 atom stereocenters. The van der Waals surface area contributed by atoms with Gasteiger partial charge in [0.1, 0.15) is 5.82 Å². The first-order chi connectivity index (χ1) is 13.0. The molecule has 2 amide bonds. The Labute approximate surface area is 161 Å². The van der Waals surface area contributed by atoms with E-state index in [-0.39, 0.29) is 16.6 Å². The average molecular weight is 387 g/mol. The molecule has 0 radical (unpaired) electrons. The number of benzene rings is 2. The lowest BCUT2D eigenvalue weighted by Crippen LogP contribution is -2.40. The predicted molar refractivity (Wildman–Crippen MR) is 103 cm³/mol. The molecule has 1 aliphatic heterocycles. The Morgan fingerprint density at radius 3 is 2.44 bits per heavy atom. The van der Waals surface area contributed by atoms with Crippen molar-refractivity contribution in [1.29, 1.82) is 0 Å². The fourth-order valence-electron chi connectivity index (χ4n) is 2.62. The van der Waals surface area contributed by atoms with Gasteiger partial charge < -0.3 is 15.0 Å². The summed E-state index contributed by atoms with van der Waals surface area (Å²) in [5.41, 5.74) is 1.39. The molecule has 0 unspecified atom stereocenters. The molecule has 0 saturated carbocycles. The number of hydrogen-bond donors (Lipinski definition) is 2. The molecule has 1 saturated heterocycles. The second kappa shape index (κ2) is 8.70. The summed E-state index contributed by atoms with van der Waals surface area (Å²) >= 11 is 5.14. The second-order valence-electron chi connectivity index (χ2n) is 5.90. The van der Waals surface area contributed by atoms with E-state index in [1.807, 2.05) is 0 Å². The molecule has 0 bridgehead atoms. The van der Waals surface area contributed by atoms with Crippen molar-refractivity contribution in [1.82, 2.24) is 10.2 Å². The lowest BCUT2D eigenvalue weighted by Gasteiger charge is -2.27. The molecule has 140 valence electrons. The van der Waals surface area contributed by atoms with Crippen LogP contribution < -0.4 is 10.6 Å². The number of thiocarbonyl (C=S) groups is 1. The zero-order valence-corrected chi connectivity index (χ0v) is 15.2. The highest BCUT2D eigenvalue weighted by Gasteiger charge is 2.18. The van der Waals surface area contributed by atoms with Crippen LogP contribution in [0.5, 0.6) is 0 Å². The number of halogens is 1. The van der Waals surface area contributed by atoms with Crippen LogP contribution in [-0.2, 0) is 4.74 Å². The Bertz CT molecular complexity index is 852. The SMILES string of the molecule is O=C(NC(=S)Nc1cccc(C(=O)N2CCOCC2)c1)c1ccc(F)cc1. The maximum absolute atomic E-state index is 12.9. The van der Waals surface area contributed by atoms with Gasteiger partial charge in [0.15, 0.2) is 5.11 Å². The van der Waals surface area contributed by atoms with Gasteiger partial charge in [-0.25, -0.2) is 4.39 Å². The van der Waals surface area contributed by atoms with E-state index in [0.29, 0.717) is 37.6 Å². The third-order valence-electron chi connectivity index (χ3n) is 4.00. The highest BCUT2D eigenvalue weighted by Crippen LogP contribution is 2.14. The van der Waals surface area contributed by atoms with Crippen LogP contribution in [0.25, 0.3) is 0 Å². The van der Waals surface area contributed by atoms with E-state index in [0.717, 1.165) is 0 Å². The van der Waals surface area contributed by atoms with E-state index < -0.39 is 11.7 Å². The number of morpholine rings is 1. The standard InChI is InChI=1S/C19H18FN3O3S/c20-15-6-4-13(5-7-15)17(24)22-19(27)21-16-3-1-2-14(12-16)18(25)23-8-10-26-11-9-23/h1-7,12H,8-11H2,(H2,21,22,24,27). The van der Waals surface area contributed by atoms with Crippen molar-refractivity contribution in [3.8, 4) is 0 Å². The van der Waals surface area contributed by atoms with Crippen molar-refractivity contribution in [3.63, 3.8) is 0 Å². The number of ether oxygens (including phenoxy) is 1. The maximum Gasteiger partial charge on any atom is 0.257 e. The zero-order chi connectivity index (χ0) is 19.2.